The van der Waals surface area contributed by atoms with E-state index in [1.54, 1.807) is 0 Å². The fourth-order valence-corrected chi connectivity index (χ4v) is 4.42. The first-order chi connectivity index (χ1) is 14.5. The van der Waals surface area contributed by atoms with Gasteiger partial charge >= 0.3 is 6.09 Å². The zero-order chi connectivity index (χ0) is 21.3. The van der Waals surface area contributed by atoms with Crippen LogP contribution in [0.3, 0.4) is 0 Å². The van der Waals surface area contributed by atoms with E-state index in [0.717, 1.165) is 35.0 Å². The van der Waals surface area contributed by atoms with E-state index in [1.807, 2.05) is 49.5 Å². The summed E-state index contributed by atoms with van der Waals surface area (Å²) in [4.78, 5) is 29.1. The highest BCUT2D eigenvalue weighted by atomic mass is 16.6. The maximum atomic E-state index is 13.4. The van der Waals surface area contributed by atoms with E-state index < -0.39 is 6.09 Å². The number of carbonyl (C=O) groups is 2. The van der Waals surface area contributed by atoms with Crippen LogP contribution in [-0.4, -0.2) is 58.8 Å². The highest BCUT2D eigenvalue weighted by Gasteiger charge is 2.34. The van der Waals surface area contributed by atoms with Crippen LogP contribution >= 0.6 is 0 Å². The zero-order valence-electron chi connectivity index (χ0n) is 17.5. The third-order valence-corrected chi connectivity index (χ3v) is 6.17. The average molecular weight is 412 g/mol. The third-order valence-electron chi connectivity index (χ3n) is 6.17. The van der Waals surface area contributed by atoms with Crippen LogP contribution in [-0.2, 0) is 18.2 Å². The van der Waals surface area contributed by atoms with Crippen molar-refractivity contribution in [3.8, 4) is 0 Å². The summed E-state index contributed by atoms with van der Waals surface area (Å²) in [6.07, 6.45) is 5.14. The van der Waals surface area contributed by atoms with Crippen LogP contribution in [0.2, 0.25) is 0 Å². The van der Waals surface area contributed by atoms with Crippen molar-refractivity contribution in [1.82, 2.24) is 19.7 Å². The summed E-state index contributed by atoms with van der Waals surface area (Å²) in [6.45, 7) is 3.59. The first kappa shape index (κ1) is 20.3. The molecule has 2 unspecified atom stereocenters. The third kappa shape index (κ3) is 3.63. The Morgan fingerprint density at radius 1 is 1.27 bits per heavy atom. The van der Waals surface area contributed by atoms with Crippen LogP contribution in [0.15, 0.2) is 36.7 Å². The standard InChI is InChI=1S/C22H29N5O3/c1-15-26(11-12-27(15)14-30-22(29)24-10-9-23)13-16-7-8-19-20(21(16)28)17-5-3-4-6-18(17)25(19)2/h3-6,11-12,15-16H,7-10,13-14,23H2,1-2H3,(H,24,29). The largest absolute Gasteiger partial charge is 0.428 e. The maximum Gasteiger partial charge on any atom is 0.408 e. The number of nitrogens with zero attached hydrogens (tertiary/aromatic N) is 3. The van der Waals surface area contributed by atoms with Gasteiger partial charge in [0.15, 0.2) is 12.5 Å². The number of nitrogens with one attached hydrogen (secondary N) is 1. The van der Waals surface area contributed by atoms with Crippen LogP contribution in [0.5, 0.6) is 0 Å². The van der Waals surface area contributed by atoms with Gasteiger partial charge in [-0.15, -0.1) is 0 Å². The van der Waals surface area contributed by atoms with E-state index >= 15 is 0 Å². The number of aryl methyl sites for hydroxylation is 1. The minimum atomic E-state index is -0.481. The molecule has 0 radical (unpaired) electrons. The van der Waals surface area contributed by atoms with Crippen molar-refractivity contribution in [2.45, 2.75) is 25.9 Å². The molecule has 2 aromatic rings. The normalized spacial score (nSPS) is 20.7. The minimum absolute atomic E-state index is 0.00835. The number of para-hydroxylation sites is 1. The van der Waals surface area contributed by atoms with E-state index in [4.69, 9.17) is 10.5 Å². The summed E-state index contributed by atoms with van der Waals surface area (Å²) in [7, 11) is 2.04. The molecule has 2 heterocycles. The topological polar surface area (TPSA) is 92.8 Å². The molecule has 0 spiro atoms. The van der Waals surface area contributed by atoms with Crippen molar-refractivity contribution >= 4 is 22.8 Å². The molecule has 0 saturated heterocycles. The summed E-state index contributed by atoms with van der Waals surface area (Å²) in [5.74, 6) is 0.175. The number of hydrogen-bond acceptors (Lipinski definition) is 6. The fourth-order valence-electron chi connectivity index (χ4n) is 4.42. The van der Waals surface area contributed by atoms with Gasteiger partial charge in [0.2, 0.25) is 0 Å². The van der Waals surface area contributed by atoms with Crippen LogP contribution in [0, 0.1) is 5.92 Å². The smallest absolute Gasteiger partial charge is 0.408 e. The molecule has 8 nitrogen and oxygen atoms in total. The van der Waals surface area contributed by atoms with Crippen molar-refractivity contribution in [3.63, 3.8) is 0 Å². The molecule has 160 valence electrons. The number of ketones is 1. The van der Waals surface area contributed by atoms with Crippen LogP contribution in [0.4, 0.5) is 4.79 Å². The zero-order valence-corrected chi connectivity index (χ0v) is 17.5. The van der Waals surface area contributed by atoms with E-state index in [2.05, 4.69) is 20.9 Å². The lowest BCUT2D eigenvalue weighted by Gasteiger charge is -2.32. The number of Topliss-reactive ketones (excluding diaryl/α,β-unsaturated/α-hetero) is 1. The highest BCUT2D eigenvalue weighted by molar-refractivity contribution is 6.11. The maximum absolute atomic E-state index is 13.4. The SMILES string of the molecule is CC1N(COC(=O)NCCN)C=CN1CC1CCc2c(c3ccccc3n2C)C1=O. The molecular weight excluding hydrogens is 382 g/mol. The van der Waals surface area contributed by atoms with E-state index in [9.17, 15) is 9.59 Å². The second-order valence-electron chi connectivity index (χ2n) is 7.92. The van der Waals surface area contributed by atoms with Gasteiger partial charge in [0, 0.05) is 67.2 Å². The lowest BCUT2D eigenvalue weighted by Crippen LogP contribution is -2.42. The van der Waals surface area contributed by atoms with Gasteiger partial charge in [-0.3, -0.25) is 4.79 Å². The summed E-state index contributed by atoms with van der Waals surface area (Å²) in [6, 6.07) is 8.12. The molecule has 8 heteroatoms. The molecule has 2 atom stereocenters. The second kappa shape index (κ2) is 8.39. The Labute approximate surface area is 176 Å². The summed E-state index contributed by atoms with van der Waals surface area (Å²) in [5, 5.41) is 3.63. The Kier molecular flexibility index (Phi) is 5.67. The molecule has 2 aliphatic rings. The number of carbonyl (C=O) groups excluding carboxylic acids is 2. The Balaban J connectivity index is 1.40. The van der Waals surface area contributed by atoms with E-state index in [-0.39, 0.29) is 24.6 Å². The van der Waals surface area contributed by atoms with Crippen molar-refractivity contribution in [2.75, 3.05) is 26.4 Å². The second-order valence-corrected chi connectivity index (χ2v) is 7.92. The van der Waals surface area contributed by atoms with Crippen molar-refractivity contribution in [2.24, 2.45) is 18.7 Å². The van der Waals surface area contributed by atoms with E-state index in [0.29, 0.717) is 19.6 Å². The Morgan fingerprint density at radius 2 is 2.03 bits per heavy atom. The number of aromatic nitrogens is 1. The van der Waals surface area contributed by atoms with Crippen molar-refractivity contribution < 1.29 is 14.3 Å². The van der Waals surface area contributed by atoms with Crippen molar-refractivity contribution in [1.29, 1.82) is 0 Å². The number of benzene rings is 1. The number of rotatable bonds is 6. The number of fused-ring (bicyclic) bond motifs is 3. The summed E-state index contributed by atoms with van der Waals surface area (Å²) < 4.78 is 7.39. The summed E-state index contributed by atoms with van der Waals surface area (Å²) in [5.41, 5.74) is 8.51. The molecule has 1 aromatic carbocycles. The summed E-state index contributed by atoms with van der Waals surface area (Å²) >= 11 is 0. The number of ether oxygens (including phenoxy) is 1. The number of nitrogens with two attached hydrogens (primary N) is 1. The highest BCUT2D eigenvalue weighted by Crippen LogP contribution is 2.34. The van der Waals surface area contributed by atoms with Crippen LogP contribution < -0.4 is 11.1 Å². The van der Waals surface area contributed by atoms with Crippen molar-refractivity contribution in [3.05, 3.63) is 47.9 Å². The van der Waals surface area contributed by atoms with Gasteiger partial charge in [-0.2, -0.15) is 0 Å². The first-order valence-corrected chi connectivity index (χ1v) is 10.4. The molecule has 4 rings (SSSR count). The van der Waals surface area contributed by atoms with Crippen LogP contribution in [0.1, 0.15) is 29.4 Å². The minimum Gasteiger partial charge on any atom is -0.428 e. The van der Waals surface area contributed by atoms with E-state index in [1.165, 1.54) is 0 Å². The van der Waals surface area contributed by atoms with Gasteiger partial charge in [-0.25, -0.2) is 4.79 Å². The monoisotopic (exact) mass is 411 g/mol. The number of alkyl carbamates (subject to hydrolysis) is 1. The number of amides is 1. The molecule has 1 amide bonds. The van der Waals surface area contributed by atoms with Gasteiger partial charge in [-0.05, 0) is 25.8 Å². The van der Waals surface area contributed by atoms with Gasteiger partial charge in [0.25, 0.3) is 0 Å². The Bertz CT molecular complexity index is 983. The van der Waals surface area contributed by atoms with Gasteiger partial charge in [0.05, 0.1) is 0 Å². The molecule has 0 saturated carbocycles. The predicted octanol–water partition coefficient (Wildman–Crippen LogP) is 2.00. The molecule has 0 fully saturated rings. The molecule has 1 aromatic heterocycles. The molecule has 1 aliphatic heterocycles. The van der Waals surface area contributed by atoms with Gasteiger partial charge in [-0.1, -0.05) is 18.2 Å². The number of hydrogen-bond donors (Lipinski definition) is 2. The van der Waals surface area contributed by atoms with Gasteiger partial charge < -0.3 is 30.2 Å². The average Bonchev–Trinajstić information content (AvgIpc) is 3.25. The molecule has 3 N–H and O–H groups in total. The lowest BCUT2D eigenvalue weighted by atomic mass is 9.84. The Morgan fingerprint density at radius 3 is 2.83 bits per heavy atom. The van der Waals surface area contributed by atoms with Gasteiger partial charge in [0.1, 0.15) is 6.17 Å². The van der Waals surface area contributed by atoms with Crippen LogP contribution in [0.25, 0.3) is 10.9 Å². The first-order valence-electron chi connectivity index (χ1n) is 10.4. The fraction of sp³-hybridized carbons (Fsp3) is 0.455. The lowest BCUT2D eigenvalue weighted by molar-refractivity contribution is 0.0474. The molecular formula is C22H29N5O3. The quantitative estimate of drug-likeness (QED) is 0.755. The molecule has 1 aliphatic carbocycles. The predicted molar refractivity (Wildman–Crippen MR) is 115 cm³/mol. The molecule has 0 bridgehead atoms. The molecule has 30 heavy (non-hydrogen) atoms. The Hall–Kier alpha value is -3.00.